The zero-order valence-corrected chi connectivity index (χ0v) is 16.1. The minimum Gasteiger partial charge on any atom is -0.487 e. The zero-order valence-electron chi connectivity index (χ0n) is 16.1. The first-order valence-electron chi connectivity index (χ1n) is 10.0. The van der Waals surface area contributed by atoms with Crippen molar-refractivity contribution in [3.8, 4) is 16.9 Å². The molecule has 27 heavy (non-hydrogen) atoms. The molecule has 3 aromatic rings. The van der Waals surface area contributed by atoms with Crippen molar-refractivity contribution in [1.29, 1.82) is 0 Å². The molecule has 0 bridgehead atoms. The van der Waals surface area contributed by atoms with Gasteiger partial charge < -0.3 is 10.1 Å². The van der Waals surface area contributed by atoms with Gasteiger partial charge in [-0.1, -0.05) is 12.1 Å². The molecule has 138 valence electrons. The lowest BCUT2D eigenvalue weighted by Crippen LogP contribution is -2.48. The van der Waals surface area contributed by atoms with Crippen LogP contribution in [0.5, 0.6) is 5.75 Å². The standard InChI is InChI=1S/C24H26N2O/c1-16-13-23-20(5-7-24(27-23)8-11-25-12-9-24)15-22(16)18-3-4-21-17(2)26-10-6-19(21)14-18/h3-4,6,10,13-15,25H,5,7-9,11-12H2,1-2H3. The van der Waals surface area contributed by atoms with E-state index in [1.807, 2.05) is 6.20 Å². The Balaban J connectivity index is 1.54. The average molecular weight is 358 g/mol. The molecule has 0 amide bonds. The largest absolute Gasteiger partial charge is 0.487 e. The lowest BCUT2D eigenvalue weighted by molar-refractivity contribution is 0.0170. The summed E-state index contributed by atoms with van der Waals surface area (Å²) in [6.45, 7) is 6.40. The van der Waals surface area contributed by atoms with E-state index >= 15 is 0 Å². The summed E-state index contributed by atoms with van der Waals surface area (Å²) in [4.78, 5) is 4.41. The molecule has 0 atom stereocenters. The van der Waals surface area contributed by atoms with Crippen LogP contribution >= 0.6 is 0 Å². The van der Waals surface area contributed by atoms with Crippen molar-refractivity contribution < 1.29 is 4.74 Å². The molecule has 1 fully saturated rings. The van der Waals surface area contributed by atoms with Crippen LogP contribution in [0.15, 0.2) is 42.6 Å². The molecule has 2 aliphatic heterocycles. The first-order chi connectivity index (χ1) is 13.1. The number of ether oxygens (including phenoxy) is 1. The van der Waals surface area contributed by atoms with E-state index in [2.05, 4.69) is 60.5 Å². The third-order valence-corrected chi connectivity index (χ3v) is 6.37. The number of aromatic nitrogens is 1. The summed E-state index contributed by atoms with van der Waals surface area (Å²) >= 11 is 0. The Bertz CT molecular complexity index is 1020. The molecular formula is C24H26N2O. The second-order valence-electron chi connectivity index (χ2n) is 8.14. The summed E-state index contributed by atoms with van der Waals surface area (Å²) < 4.78 is 6.57. The second kappa shape index (κ2) is 6.35. The molecule has 1 spiro atoms. The van der Waals surface area contributed by atoms with Crippen molar-refractivity contribution in [1.82, 2.24) is 10.3 Å². The lowest BCUT2D eigenvalue weighted by atomic mass is 9.82. The Morgan fingerprint density at radius 3 is 2.70 bits per heavy atom. The maximum atomic E-state index is 6.57. The van der Waals surface area contributed by atoms with Gasteiger partial charge in [0.1, 0.15) is 11.4 Å². The Morgan fingerprint density at radius 2 is 1.85 bits per heavy atom. The van der Waals surface area contributed by atoms with E-state index in [9.17, 15) is 0 Å². The van der Waals surface area contributed by atoms with Crippen molar-refractivity contribution in [2.45, 2.75) is 45.1 Å². The van der Waals surface area contributed by atoms with Gasteiger partial charge in [-0.05, 0) is 105 Å². The van der Waals surface area contributed by atoms with Crippen LogP contribution in [0.25, 0.3) is 21.9 Å². The minimum absolute atomic E-state index is 0.0552. The molecule has 3 nitrogen and oxygen atoms in total. The summed E-state index contributed by atoms with van der Waals surface area (Å²) in [5, 5.41) is 5.94. The van der Waals surface area contributed by atoms with Crippen LogP contribution in [0.4, 0.5) is 0 Å². The number of hydrogen-bond donors (Lipinski definition) is 1. The van der Waals surface area contributed by atoms with Crippen molar-refractivity contribution in [3.05, 3.63) is 59.4 Å². The summed E-state index contributed by atoms with van der Waals surface area (Å²) in [7, 11) is 0. The fourth-order valence-corrected chi connectivity index (χ4v) is 4.71. The highest BCUT2D eigenvalue weighted by atomic mass is 16.5. The molecule has 3 heteroatoms. The SMILES string of the molecule is Cc1cc2c(cc1-c1ccc3c(C)nccc3c1)CCC1(CCNCC1)O2. The van der Waals surface area contributed by atoms with E-state index in [4.69, 9.17) is 4.74 Å². The van der Waals surface area contributed by atoms with Crippen molar-refractivity contribution in [2.75, 3.05) is 13.1 Å². The van der Waals surface area contributed by atoms with Gasteiger partial charge in [0.15, 0.2) is 0 Å². The number of nitrogens with zero attached hydrogens (tertiary/aromatic N) is 1. The van der Waals surface area contributed by atoms with Crippen LogP contribution in [0.1, 0.15) is 36.1 Å². The van der Waals surface area contributed by atoms with Crippen LogP contribution in [0, 0.1) is 13.8 Å². The number of aryl methyl sites for hydroxylation is 3. The Kier molecular flexibility index (Phi) is 3.94. The molecule has 0 unspecified atom stereocenters. The van der Waals surface area contributed by atoms with Crippen LogP contribution in [0.2, 0.25) is 0 Å². The van der Waals surface area contributed by atoms with Crippen LogP contribution in [-0.4, -0.2) is 23.7 Å². The molecule has 2 aromatic carbocycles. The van der Waals surface area contributed by atoms with Gasteiger partial charge in [-0.2, -0.15) is 0 Å². The lowest BCUT2D eigenvalue weighted by Gasteiger charge is -2.42. The van der Waals surface area contributed by atoms with Crippen LogP contribution < -0.4 is 10.1 Å². The number of pyridine rings is 1. The molecule has 0 radical (unpaired) electrons. The van der Waals surface area contributed by atoms with Gasteiger partial charge in [-0.3, -0.25) is 4.98 Å². The summed E-state index contributed by atoms with van der Waals surface area (Å²) in [6, 6.07) is 13.4. The smallest absolute Gasteiger partial charge is 0.123 e. The molecule has 5 rings (SSSR count). The molecular weight excluding hydrogens is 332 g/mol. The number of hydrogen-bond acceptors (Lipinski definition) is 3. The molecule has 1 saturated heterocycles. The molecule has 1 N–H and O–H groups in total. The Hall–Kier alpha value is -2.39. The van der Waals surface area contributed by atoms with E-state index < -0.39 is 0 Å². The van der Waals surface area contributed by atoms with Gasteiger partial charge in [0.25, 0.3) is 0 Å². The number of benzene rings is 2. The van der Waals surface area contributed by atoms with E-state index in [0.29, 0.717) is 0 Å². The molecule has 2 aliphatic rings. The Labute approximate surface area is 160 Å². The van der Waals surface area contributed by atoms with Crippen molar-refractivity contribution >= 4 is 10.8 Å². The third-order valence-electron chi connectivity index (χ3n) is 6.37. The van der Waals surface area contributed by atoms with Crippen molar-refractivity contribution in [2.24, 2.45) is 0 Å². The number of fused-ring (bicyclic) bond motifs is 2. The molecule has 0 aliphatic carbocycles. The highest BCUT2D eigenvalue weighted by Gasteiger charge is 2.37. The third kappa shape index (κ3) is 2.90. The fraction of sp³-hybridized carbons (Fsp3) is 0.375. The van der Waals surface area contributed by atoms with E-state index in [-0.39, 0.29) is 5.60 Å². The number of piperidine rings is 1. The first-order valence-corrected chi connectivity index (χ1v) is 10.0. The molecule has 3 heterocycles. The van der Waals surface area contributed by atoms with E-state index in [1.54, 1.807) is 0 Å². The Morgan fingerprint density at radius 1 is 1.00 bits per heavy atom. The maximum Gasteiger partial charge on any atom is 0.123 e. The fourth-order valence-electron chi connectivity index (χ4n) is 4.71. The van der Waals surface area contributed by atoms with E-state index in [0.717, 1.165) is 50.2 Å². The van der Waals surface area contributed by atoms with Crippen LogP contribution in [-0.2, 0) is 6.42 Å². The number of nitrogens with one attached hydrogen (secondary N) is 1. The summed E-state index contributed by atoms with van der Waals surface area (Å²) in [5.41, 5.74) is 6.36. The van der Waals surface area contributed by atoms with E-state index in [1.165, 1.54) is 33.0 Å². The van der Waals surface area contributed by atoms with Crippen LogP contribution in [0.3, 0.4) is 0 Å². The van der Waals surface area contributed by atoms with Crippen molar-refractivity contribution in [3.63, 3.8) is 0 Å². The average Bonchev–Trinajstić information content (AvgIpc) is 2.68. The molecule has 1 aromatic heterocycles. The number of rotatable bonds is 1. The zero-order chi connectivity index (χ0) is 18.4. The minimum atomic E-state index is 0.0552. The monoisotopic (exact) mass is 358 g/mol. The first kappa shape index (κ1) is 16.8. The maximum absolute atomic E-state index is 6.57. The predicted molar refractivity (Wildman–Crippen MR) is 110 cm³/mol. The normalized spacial score (nSPS) is 18.3. The van der Waals surface area contributed by atoms with Gasteiger partial charge in [-0.25, -0.2) is 0 Å². The quantitative estimate of drug-likeness (QED) is 0.667. The summed E-state index contributed by atoms with van der Waals surface area (Å²) in [6.07, 6.45) is 6.37. The summed E-state index contributed by atoms with van der Waals surface area (Å²) in [5.74, 6) is 1.10. The highest BCUT2D eigenvalue weighted by molar-refractivity contribution is 5.89. The highest BCUT2D eigenvalue weighted by Crippen LogP contribution is 2.41. The topological polar surface area (TPSA) is 34.2 Å². The van der Waals surface area contributed by atoms with Gasteiger partial charge in [0.2, 0.25) is 0 Å². The van der Waals surface area contributed by atoms with Gasteiger partial charge in [0, 0.05) is 17.3 Å². The van der Waals surface area contributed by atoms with Gasteiger partial charge in [-0.15, -0.1) is 0 Å². The van der Waals surface area contributed by atoms with Gasteiger partial charge >= 0.3 is 0 Å². The van der Waals surface area contributed by atoms with Gasteiger partial charge in [0.05, 0.1) is 0 Å². The predicted octanol–water partition coefficient (Wildman–Crippen LogP) is 4.97. The second-order valence-corrected chi connectivity index (χ2v) is 8.14. The molecule has 0 saturated carbocycles.